The highest BCUT2D eigenvalue weighted by molar-refractivity contribution is 5.74. The highest BCUT2D eigenvalue weighted by Gasteiger charge is 2.26. The van der Waals surface area contributed by atoms with Crippen LogP contribution < -0.4 is 0 Å². The van der Waals surface area contributed by atoms with Crippen molar-refractivity contribution in [2.75, 3.05) is 13.2 Å². The zero-order chi connectivity index (χ0) is 10.4. The van der Waals surface area contributed by atoms with Crippen LogP contribution in [0.15, 0.2) is 0 Å². The van der Waals surface area contributed by atoms with E-state index in [4.69, 9.17) is 4.74 Å². The third kappa shape index (κ3) is 3.35. The SMILES string of the molecule is CC.CC(=O)N1[C@H](C)COC[C@@H]1C. The van der Waals surface area contributed by atoms with E-state index in [2.05, 4.69) is 0 Å². The number of ether oxygens (including phenoxy) is 1. The molecule has 78 valence electrons. The van der Waals surface area contributed by atoms with Crippen molar-refractivity contribution in [3.05, 3.63) is 0 Å². The Balaban J connectivity index is 0.000000671. The van der Waals surface area contributed by atoms with Crippen LogP contribution in [0.2, 0.25) is 0 Å². The third-order valence-electron chi connectivity index (χ3n) is 2.03. The number of carbonyl (C=O) groups excluding carboxylic acids is 1. The minimum atomic E-state index is 0.147. The predicted molar refractivity (Wildman–Crippen MR) is 53.6 cm³/mol. The molecule has 2 atom stereocenters. The lowest BCUT2D eigenvalue weighted by Gasteiger charge is -2.38. The van der Waals surface area contributed by atoms with E-state index in [9.17, 15) is 4.79 Å². The van der Waals surface area contributed by atoms with Gasteiger partial charge in [-0.05, 0) is 13.8 Å². The molecule has 0 aromatic carbocycles. The predicted octanol–water partition coefficient (Wildman–Crippen LogP) is 1.67. The number of hydrogen-bond donors (Lipinski definition) is 0. The monoisotopic (exact) mass is 187 g/mol. The maximum Gasteiger partial charge on any atom is 0.220 e. The molecule has 1 fully saturated rings. The van der Waals surface area contributed by atoms with E-state index in [1.54, 1.807) is 6.92 Å². The molecule has 1 amide bonds. The quantitative estimate of drug-likeness (QED) is 0.577. The molecule has 0 aromatic heterocycles. The minimum Gasteiger partial charge on any atom is -0.377 e. The minimum absolute atomic E-state index is 0.147. The van der Waals surface area contributed by atoms with E-state index in [0.717, 1.165) is 0 Å². The fraction of sp³-hybridized carbons (Fsp3) is 0.900. The van der Waals surface area contributed by atoms with Crippen molar-refractivity contribution in [3.63, 3.8) is 0 Å². The van der Waals surface area contributed by atoms with Crippen LogP contribution in [-0.4, -0.2) is 36.1 Å². The smallest absolute Gasteiger partial charge is 0.220 e. The van der Waals surface area contributed by atoms with Crippen LogP contribution in [-0.2, 0) is 9.53 Å². The summed E-state index contributed by atoms with van der Waals surface area (Å²) in [6.07, 6.45) is 0. The van der Waals surface area contributed by atoms with Gasteiger partial charge in [0.05, 0.1) is 25.3 Å². The maximum absolute atomic E-state index is 11.1. The maximum atomic E-state index is 11.1. The first-order chi connectivity index (χ1) is 6.13. The molecule has 3 heteroatoms. The molecular weight excluding hydrogens is 166 g/mol. The molecule has 13 heavy (non-hydrogen) atoms. The lowest BCUT2D eigenvalue weighted by atomic mass is 10.2. The molecule has 1 aliphatic heterocycles. The highest BCUT2D eigenvalue weighted by Crippen LogP contribution is 2.12. The summed E-state index contributed by atoms with van der Waals surface area (Å²) in [4.78, 5) is 13.0. The Bertz CT molecular complexity index is 149. The summed E-state index contributed by atoms with van der Waals surface area (Å²) in [5, 5.41) is 0. The van der Waals surface area contributed by atoms with Crippen LogP contribution in [0.5, 0.6) is 0 Å². The summed E-state index contributed by atoms with van der Waals surface area (Å²) in [5.74, 6) is 0.147. The number of carbonyl (C=O) groups is 1. The molecule has 1 saturated heterocycles. The van der Waals surface area contributed by atoms with Gasteiger partial charge in [-0.3, -0.25) is 4.79 Å². The number of morpholine rings is 1. The van der Waals surface area contributed by atoms with Crippen molar-refractivity contribution in [3.8, 4) is 0 Å². The Morgan fingerprint density at radius 2 is 1.62 bits per heavy atom. The summed E-state index contributed by atoms with van der Waals surface area (Å²) in [6.45, 7) is 11.0. The van der Waals surface area contributed by atoms with Gasteiger partial charge in [-0.2, -0.15) is 0 Å². The molecule has 0 radical (unpaired) electrons. The normalized spacial score (nSPS) is 27.6. The fourth-order valence-electron chi connectivity index (χ4n) is 1.62. The van der Waals surface area contributed by atoms with Gasteiger partial charge < -0.3 is 9.64 Å². The molecule has 1 heterocycles. The largest absolute Gasteiger partial charge is 0.377 e. The molecule has 1 aliphatic rings. The van der Waals surface area contributed by atoms with E-state index < -0.39 is 0 Å². The summed E-state index contributed by atoms with van der Waals surface area (Å²) >= 11 is 0. The van der Waals surface area contributed by atoms with E-state index >= 15 is 0 Å². The molecule has 0 spiro atoms. The van der Waals surface area contributed by atoms with Gasteiger partial charge in [0.15, 0.2) is 0 Å². The van der Waals surface area contributed by atoms with Gasteiger partial charge in [0.25, 0.3) is 0 Å². The van der Waals surface area contributed by atoms with E-state index in [1.165, 1.54) is 0 Å². The molecule has 0 N–H and O–H groups in total. The average molecular weight is 187 g/mol. The van der Waals surface area contributed by atoms with Crippen molar-refractivity contribution in [1.82, 2.24) is 4.90 Å². The highest BCUT2D eigenvalue weighted by atomic mass is 16.5. The molecule has 0 aliphatic carbocycles. The first-order valence-electron chi connectivity index (χ1n) is 4.99. The molecular formula is C10H21NO2. The lowest BCUT2D eigenvalue weighted by Crippen LogP contribution is -2.51. The Hall–Kier alpha value is -0.570. The van der Waals surface area contributed by atoms with Crippen LogP contribution in [0, 0.1) is 0 Å². The summed E-state index contributed by atoms with van der Waals surface area (Å²) in [6, 6.07) is 0.465. The number of nitrogens with zero attached hydrogens (tertiary/aromatic N) is 1. The Labute approximate surface area is 81.1 Å². The lowest BCUT2D eigenvalue weighted by molar-refractivity contribution is -0.141. The topological polar surface area (TPSA) is 29.5 Å². The van der Waals surface area contributed by atoms with Gasteiger partial charge in [-0.25, -0.2) is 0 Å². The van der Waals surface area contributed by atoms with Gasteiger partial charge in [-0.1, -0.05) is 13.8 Å². The van der Waals surface area contributed by atoms with Crippen LogP contribution in [0.3, 0.4) is 0 Å². The zero-order valence-electron chi connectivity index (χ0n) is 9.33. The number of rotatable bonds is 0. The van der Waals surface area contributed by atoms with E-state index in [1.807, 2.05) is 32.6 Å². The summed E-state index contributed by atoms with van der Waals surface area (Å²) < 4.78 is 5.28. The van der Waals surface area contributed by atoms with E-state index in [-0.39, 0.29) is 18.0 Å². The molecule has 1 rings (SSSR count). The Morgan fingerprint density at radius 3 is 1.85 bits per heavy atom. The molecule has 0 saturated carbocycles. The van der Waals surface area contributed by atoms with Crippen molar-refractivity contribution >= 4 is 5.91 Å². The Morgan fingerprint density at radius 1 is 1.23 bits per heavy atom. The standard InChI is InChI=1S/C8H15NO2.C2H6/c1-6-4-11-5-7(2)9(6)8(3)10;1-2/h6-7H,4-5H2,1-3H3;1-2H3/t6-,7+;. The van der Waals surface area contributed by atoms with Gasteiger partial charge in [0.2, 0.25) is 5.91 Å². The van der Waals surface area contributed by atoms with Gasteiger partial charge >= 0.3 is 0 Å². The number of amides is 1. The van der Waals surface area contributed by atoms with Crippen molar-refractivity contribution in [2.45, 2.75) is 46.7 Å². The molecule has 0 bridgehead atoms. The van der Waals surface area contributed by atoms with E-state index in [0.29, 0.717) is 13.2 Å². The van der Waals surface area contributed by atoms with Crippen molar-refractivity contribution in [1.29, 1.82) is 0 Å². The fourth-order valence-corrected chi connectivity index (χ4v) is 1.62. The van der Waals surface area contributed by atoms with Crippen LogP contribution in [0.25, 0.3) is 0 Å². The van der Waals surface area contributed by atoms with Gasteiger partial charge in [0, 0.05) is 6.92 Å². The van der Waals surface area contributed by atoms with Crippen LogP contribution >= 0.6 is 0 Å². The molecule has 0 aromatic rings. The molecule has 0 unspecified atom stereocenters. The van der Waals surface area contributed by atoms with Crippen LogP contribution in [0.4, 0.5) is 0 Å². The zero-order valence-corrected chi connectivity index (χ0v) is 9.33. The summed E-state index contributed by atoms with van der Waals surface area (Å²) in [5.41, 5.74) is 0. The molecule has 3 nitrogen and oxygen atoms in total. The second-order valence-corrected chi connectivity index (χ2v) is 3.16. The Kier molecular flexibility index (Phi) is 5.71. The van der Waals surface area contributed by atoms with Crippen molar-refractivity contribution in [2.24, 2.45) is 0 Å². The van der Waals surface area contributed by atoms with Gasteiger partial charge in [0.1, 0.15) is 0 Å². The summed E-state index contributed by atoms with van der Waals surface area (Å²) in [7, 11) is 0. The van der Waals surface area contributed by atoms with Crippen LogP contribution in [0.1, 0.15) is 34.6 Å². The first kappa shape index (κ1) is 12.4. The third-order valence-corrected chi connectivity index (χ3v) is 2.03. The second-order valence-electron chi connectivity index (χ2n) is 3.16. The van der Waals surface area contributed by atoms with Gasteiger partial charge in [-0.15, -0.1) is 0 Å². The van der Waals surface area contributed by atoms with Crippen molar-refractivity contribution < 1.29 is 9.53 Å². The second kappa shape index (κ2) is 5.97. The number of hydrogen-bond acceptors (Lipinski definition) is 2. The average Bonchev–Trinajstić information content (AvgIpc) is 2.07. The first-order valence-corrected chi connectivity index (χ1v) is 4.99.